The topological polar surface area (TPSA) is 75.2 Å². The van der Waals surface area contributed by atoms with Gasteiger partial charge in [-0.2, -0.15) is 0 Å². The zero-order valence-corrected chi connectivity index (χ0v) is 74.2. The van der Waals surface area contributed by atoms with Crippen molar-refractivity contribution in [3.05, 3.63) is 427 Å². The molecule has 0 unspecified atom stereocenters. The van der Waals surface area contributed by atoms with E-state index in [4.69, 9.17) is 9.84 Å². The van der Waals surface area contributed by atoms with Crippen LogP contribution < -0.4 is 18.4 Å². The number of aryl methyl sites for hydroxylation is 20. The van der Waals surface area contributed by atoms with Crippen LogP contribution in [0, 0.1) is 111 Å². The van der Waals surface area contributed by atoms with Crippen LogP contribution in [0.1, 0.15) is 173 Å². The number of carbonyl (C=O) groups excluding carboxylic acids is 2. The van der Waals surface area contributed by atoms with E-state index < -0.39 is 0 Å². The molecule has 14 aromatic rings. The second-order valence-corrected chi connectivity index (χ2v) is 29.8. The van der Waals surface area contributed by atoms with E-state index in [0.717, 1.165) is 28.9 Å². The number of hydrogen-bond donors (Lipinski definition) is 1. The third kappa shape index (κ3) is 40.7. The number of rotatable bonds is 7. The summed E-state index contributed by atoms with van der Waals surface area (Å²) in [6, 6.07) is 95.1. The normalized spacial score (nSPS) is 9.73. The van der Waals surface area contributed by atoms with E-state index >= 15 is 0 Å². The minimum atomic E-state index is 0.133. The molecule has 0 aliphatic carbocycles. The van der Waals surface area contributed by atoms with Crippen molar-refractivity contribution in [3.63, 3.8) is 0 Å². The van der Waals surface area contributed by atoms with Gasteiger partial charge in [0, 0.05) is 58.7 Å². The first-order valence-corrected chi connectivity index (χ1v) is 40.0. The van der Waals surface area contributed by atoms with Crippen LogP contribution in [0.4, 0.5) is 0 Å². The minimum Gasteiger partial charge on any atom is -0.497 e. The quantitative estimate of drug-likeness (QED) is 0.127. The van der Waals surface area contributed by atoms with E-state index in [-0.39, 0.29) is 18.2 Å². The fraction of sp³-hybridized carbons (Fsp3) is 0.269. The molecule has 0 saturated carbocycles. The van der Waals surface area contributed by atoms with Gasteiger partial charge in [0.2, 0.25) is 5.52 Å². The predicted octanol–water partition coefficient (Wildman–Crippen LogP) is 25.9. The van der Waals surface area contributed by atoms with Gasteiger partial charge in [0.25, 0.3) is 0 Å². The number of aromatic nitrogens is 3. The van der Waals surface area contributed by atoms with Crippen LogP contribution in [0.5, 0.6) is 5.75 Å². The summed E-state index contributed by atoms with van der Waals surface area (Å²) in [5.74, 6) is 1.91. The highest BCUT2D eigenvalue weighted by atomic mass is 16.5. The average Bonchev–Trinajstić information content (AvgIpc) is 0.724. The van der Waals surface area contributed by atoms with Crippen LogP contribution >= 0.6 is 0 Å². The number of aliphatic hydroxyl groups is 1. The predicted molar refractivity (Wildman–Crippen MR) is 492 cm³/mol. The summed E-state index contributed by atoms with van der Waals surface area (Å²) in [7, 11) is 7.76. The van der Waals surface area contributed by atoms with E-state index in [1.54, 1.807) is 14.0 Å². The Morgan fingerprint density at radius 1 is 0.348 bits per heavy atom. The van der Waals surface area contributed by atoms with Gasteiger partial charge < -0.3 is 9.84 Å². The number of ketones is 2. The maximum atomic E-state index is 11.1. The van der Waals surface area contributed by atoms with Crippen LogP contribution in [-0.2, 0) is 34.2 Å². The van der Waals surface area contributed by atoms with Gasteiger partial charge in [-0.25, -0.2) is 13.7 Å². The van der Waals surface area contributed by atoms with Gasteiger partial charge in [-0.3, -0.25) is 9.59 Å². The summed E-state index contributed by atoms with van der Waals surface area (Å²) >= 11 is 0. The Morgan fingerprint density at radius 2 is 0.765 bits per heavy atom. The van der Waals surface area contributed by atoms with Crippen LogP contribution in [0.2, 0.25) is 0 Å². The molecule has 0 saturated heterocycles. The first-order chi connectivity index (χ1) is 54.7. The monoisotopic (exact) mass is 1540 g/mol. The van der Waals surface area contributed by atoms with Crippen molar-refractivity contribution in [2.24, 2.45) is 21.1 Å². The fourth-order valence-corrected chi connectivity index (χ4v) is 11.3. The van der Waals surface area contributed by atoms with Crippen molar-refractivity contribution in [3.8, 4) is 5.75 Å². The van der Waals surface area contributed by atoms with Crippen LogP contribution in [0.25, 0.3) is 21.7 Å². The zero-order valence-electron chi connectivity index (χ0n) is 74.2. The number of methoxy groups -OCH3 is 1. The molecule has 0 amide bonds. The lowest BCUT2D eigenvalue weighted by atomic mass is 9.97. The number of ether oxygens (including phenoxy) is 1. The van der Waals surface area contributed by atoms with Gasteiger partial charge in [0.15, 0.2) is 42.6 Å². The van der Waals surface area contributed by atoms with E-state index in [0.29, 0.717) is 12.3 Å². The number of Topliss-reactive ketones (excluding diaryl/α,β-unsaturated/α-hetero) is 2. The molecule has 0 fully saturated rings. The molecule has 3 aromatic heterocycles. The molecule has 11 aromatic carbocycles. The van der Waals surface area contributed by atoms with Gasteiger partial charge in [0.1, 0.15) is 26.9 Å². The largest absolute Gasteiger partial charge is 0.497 e. The summed E-state index contributed by atoms with van der Waals surface area (Å²) in [5.41, 5.74) is 27.7. The molecular weight excluding hydrogens is 1400 g/mol. The number of fused-ring (bicyclic) bond motifs is 2. The third-order valence-corrected chi connectivity index (χ3v) is 18.8. The molecule has 602 valence electrons. The first kappa shape index (κ1) is 97.7. The van der Waals surface area contributed by atoms with E-state index in [1.165, 1.54) is 122 Å². The maximum Gasteiger partial charge on any atom is 0.212 e. The Labute approximate surface area is 693 Å². The molecule has 0 bridgehead atoms. The molecule has 115 heavy (non-hydrogen) atoms. The Bertz CT molecular complexity index is 4950. The molecule has 7 heteroatoms. The number of carbonyl (C=O) groups is 2. The van der Waals surface area contributed by atoms with Crippen molar-refractivity contribution in [2.75, 3.05) is 7.11 Å². The van der Waals surface area contributed by atoms with Gasteiger partial charge in [-0.15, -0.1) is 0 Å². The standard InChI is InChI=1S/C11H16.2C10H10N.2C10H12O.C9H12O.2C9H12.C8H10O.2C8H10.C6H8N/c1-8(2)11-6-5-9(3)7-10(11)4;1-11-8-4-6-9-5-2-3-7-10(9)11;1-11-7-6-9-4-2-3-5-10(9)8-11;1-7-4-5-10(9(3)11)6-8(7)2;1-3-10(11)9-6-4-8(2)5-7-9;1-7-3-4-9(6-10)5-8(7)2;1-7-4-8(2)6-9(3)5-7;1-3-9-6-4-8(2)5-7-9;1-7-3-5-8(9-2)6-4-7;1-7-3-5-8(2)6-4-7;1-7-5-3-4-6-8(7)2;1-7-5-3-2-4-6-7/h5-8H,1-4H3;2*2-8H,1H3;4-6H,1-3H3;4-7H,3H2,1-2H3;3-5,10H,6H2,1-2H3;4-6H,1-3H3;4-7H,3H2,1-2H3;3-6H,1-2H3;2*3-6H,1-2H3;2-6H,1H3/q;2*+1;;;;;;;;;+1. The average molecular weight is 1540 g/mol. The highest BCUT2D eigenvalue weighted by molar-refractivity contribution is 5.96. The van der Waals surface area contributed by atoms with Gasteiger partial charge in [-0.1, -0.05) is 290 Å². The summed E-state index contributed by atoms with van der Waals surface area (Å²) in [6.45, 7) is 43.7. The van der Waals surface area contributed by atoms with Crippen molar-refractivity contribution in [2.45, 2.75) is 171 Å². The van der Waals surface area contributed by atoms with Gasteiger partial charge in [-0.05, 0) is 227 Å². The number of pyridine rings is 3. The van der Waals surface area contributed by atoms with Crippen molar-refractivity contribution in [1.29, 1.82) is 0 Å². The third-order valence-electron chi connectivity index (χ3n) is 18.8. The molecule has 0 spiro atoms. The second-order valence-electron chi connectivity index (χ2n) is 29.8. The molecular formula is C108H134N3O4+3. The number of hydrogen-bond acceptors (Lipinski definition) is 4. The molecule has 7 nitrogen and oxygen atoms in total. The molecule has 14 rings (SSSR count). The molecule has 0 radical (unpaired) electrons. The van der Waals surface area contributed by atoms with Crippen molar-refractivity contribution >= 4 is 33.2 Å². The number of nitrogens with zero attached hydrogens (tertiary/aromatic N) is 3. The first-order valence-electron chi connectivity index (χ1n) is 40.0. The lowest BCUT2D eigenvalue weighted by Crippen LogP contribution is -2.27. The summed E-state index contributed by atoms with van der Waals surface area (Å²) < 4.78 is 11.1. The number of para-hydroxylation sites is 1. The number of aliphatic hydroxyl groups excluding tert-OH is 1. The summed E-state index contributed by atoms with van der Waals surface area (Å²) in [5, 5.41) is 12.6. The van der Waals surface area contributed by atoms with Crippen molar-refractivity contribution < 1.29 is 33.1 Å². The Hall–Kier alpha value is -11.5. The van der Waals surface area contributed by atoms with E-state index in [2.05, 4.69) is 321 Å². The molecule has 0 aliphatic heterocycles. The second kappa shape index (κ2) is 54.3. The Balaban J connectivity index is 0.000000325. The number of benzene rings is 11. The molecule has 3 heterocycles. The van der Waals surface area contributed by atoms with Crippen LogP contribution in [0.15, 0.2) is 310 Å². The minimum absolute atomic E-state index is 0.133. The van der Waals surface area contributed by atoms with Gasteiger partial charge in [0.05, 0.1) is 13.7 Å². The van der Waals surface area contributed by atoms with Crippen LogP contribution in [0.3, 0.4) is 0 Å². The summed E-state index contributed by atoms with van der Waals surface area (Å²) in [4.78, 5) is 22.0. The Kier molecular flexibility index (Phi) is 46.1. The smallest absolute Gasteiger partial charge is 0.212 e. The molecule has 1 N–H and O–H groups in total. The van der Waals surface area contributed by atoms with E-state index in [1.807, 2.05) is 162 Å². The van der Waals surface area contributed by atoms with Crippen molar-refractivity contribution in [1.82, 2.24) is 0 Å². The Morgan fingerprint density at radius 3 is 1.19 bits per heavy atom. The van der Waals surface area contributed by atoms with E-state index in [9.17, 15) is 9.59 Å². The zero-order chi connectivity index (χ0) is 85.4. The van der Waals surface area contributed by atoms with Gasteiger partial charge >= 0.3 is 0 Å². The maximum absolute atomic E-state index is 11.1. The fourth-order valence-electron chi connectivity index (χ4n) is 11.3. The molecule has 0 aliphatic rings. The summed E-state index contributed by atoms with van der Waals surface area (Å²) in [6.07, 6.45) is 12.0. The lowest BCUT2D eigenvalue weighted by molar-refractivity contribution is -0.671. The highest BCUT2D eigenvalue weighted by Crippen LogP contribution is 2.20. The SMILES string of the molecule is CC(=O)c1ccc(C)c(C)c1.CCC(=O)c1ccc(C)cc1.CCc1ccc(C)cc1.COc1ccc(C)cc1.C[n+]1ccc2ccccc2c1.C[n+]1cccc2ccccc21.C[n+]1ccccc1.Cc1cc(C)cc(C)c1.Cc1ccc(C(C)C)c(C)c1.Cc1ccc(C)cc1.Cc1ccc(CO)cc1C.Cc1ccccc1C. The van der Waals surface area contributed by atoms with Crippen LogP contribution in [-0.4, -0.2) is 23.8 Å². The molecule has 0 atom stereocenters. The highest BCUT2D eigenvalue weighted by Gasteiger charge is 2.05. The lowest BCUT2D eigenvalue weighted by Gasteiger charge is -2.09.